The number of rotatable bonds is 8. The van der Waals surface area contributed by atoms with Gasteiger partial charge in [-0.15, -0.1) is 0 Å². The van der Waals surface area contributed by atoms with Crippen molar-refractivity contribution in [2.24, 2.45) is 0 Å². The molecule has 0 aliphatic carbocycles. The Morgan fingerprint density at radius 2 is 1.00 bits per heavy atom. The van der Waals surface area contributed by atoms with Crippen LogP contribution in [0.4, 0.5) is 0 Å². The summed E-state index contributed by atoms with van der Waals surface area (Å²) >= 11 is 2.84. The summed E-state index contributed by atoms with van der Waals surface area (Å²) in [7, 11) is 0. The first-order valence-corrected chi connectivity index (χ1v) is 15.7. The average Bonchev–Trinajstić information content (AvgIpc) is 2.57. The topological polar surface area (TPSA) is 0 Å². The van der Waals surface area contributed by atoms with Crippen LogP contribution in [0.1, 0.15) is 12.8 Å². The van der Waals surface area contributed by atoms with Crippen molar-refractivity contribution in [2.45, 2.75) is 23.3 Å². The van der Waals surface area contributed by atoms with Crippen LogP contribution >= 0.6 is 45.2 Å². The molecule has 0 atom stereocenters. The van der Waals surface area contributed by atoms with Crippen molar-refractivity contribution in [1.82, 2.24) is 0 Å². The van der Waals surface area contributed by atoms with Crippen LogP contribution in [-0.4, -0.2) is 22.1 Å². The molecule has 0 saturated heterocycles. The van der Waals surface area contributed by atoms with E-state index in [4.69, 9.17) is 0 Å². The van der Waals surface area contributed by atoms with Crippen LogP contribution in [0, 0.1) is 0 Å². The van der Waals surface area contributed by atoms with Crippen LogP contribution < -0.4 is 8.79 Å². The fraction of sp³-hybridized carbons (Fsp3) is 0.333. The molecular formula is C18H22GeI2. The van der Waals surface area contributed by atoms with Gasteiger partial charge >= 0.3 is 160 Å². The van der Waals surface area contributed by atoms with E-state index in [2.05, 4.69) is 106 Å². The third kappa shape index (κ3) is 4.71. The minimum absolute atomic E-state index is 1.27. The Kier molecular flexibility index (Phi) is 8.09. The van der Waals surface area contributed by atoms with E-state index in [1.165, 1.54) is 32.2 Å². The molecule has 0 radical (unpaired) electrons. The van der Waals surface area contributed by atoms with Gasteiger partial charge in [-0.3, -0.25) is 0 Å². The van der Waals surface area contributed by atoms with Crippen molar-refractivity contribution < 1.29 is 0 Å². The average molecular weight is 565 g/mol. The minimum atomic E-state index is -2.22. The van der Waals surface area contributed by atoms with Crippen molar-refractivity contribution >= 4 is 67.2 Å². The standard InChI is InChI=1S/C18H22GeI2/c20-15-7-13-19(14-8-16-21,17-9-3-1-4-10-17)18-11-5-2-6-12-18/h1-6,9-12H,7-8,13-16H2. The first-order valence-electron chi connectivity index (χ1n) is 7.56. The van der Waals surface area contributed by atoms with E-state index in [1.54, 1.807) is 8.79 Å². The number of benzene rings is 2. The normalized spacial score (nSPS) is 11.5. The molecular weight excluding hydrogens is 543 g/mol. The van der Waals surface area contributed by atoms with Gasteiger partial charge in [0.2, 0.25) is 0 Å². The molecule has 0 aliphatic heterocycles. The van der Waals surface area contributed by atoms with E-state index in [0.29, 0.717) is 0 Å². The Morgan fingerprint density at radius 1 is 0.619 bits per heavy atom. The molecule has 2 aromatic rings. The predicted octanol–water partition coefficient (Wildman–Crippen LogP) is 4.90. The van der Waals surface area contributed by atoms with Gasteiger partial charge < -0.3 is 0 Å². The Balaban J connectivity index is 2.48. The zero-order chi connectivity index (χ0) is 15.0. The van der Waals surface area contributed by atoms with E-state index >= 15 is 0 Å². The molecule has 0 unspecified atom stereocenters. The van der Waals surface area contributed by atoms with E-state index in [1.807, 2.05) is 0 Å². The number of hydrogen-bond donors (Lipinski definition) is 0. The van der Waals surface area contributed by atoms with Gasteiger partial charge in [0.1, 0.15) is 0 Å². The van der Waals surface area contributed by atoms with Crippen molar-refractivity contribution in [3.05, 3.63) is 60.7 Å². The van der Waals surface area contributed by atoms with Gasteiger partial charge in [0, 0.05) is 0 Å². The summed E-state index contributed by atoms with van der Waals surface area (Å²) < 4.78 is 5.88. The first-order chi connectivity index (χ1) is 10.3. The zero-order valence-electron chi connectivity index (χ0n) is 12.3. The molecule has 112 valence electrons. The summed E-state index contributed by atoms with van der Waals surface area (Å²) in [6, 6.07) is 22.8. The summed E-state index contributed by atoms with van der Waals surface area (Å²) in [5, 5.41) is 2.85. The van der Waals surface area contributed by atoms with Gasteiger partial charge in [0.25, 0.3) is 0 Å². The third-order valence-corrected chi connectivity index (χ3v) is 16.8. The van der Waals surface area contributed by atoms with E-state index in [9.17, 15) is 0 Å². The van der Waals surface area contributed by atoms with Gasteiger partial charge in [-0.1, -0.05) is 0 Å². The molecule has 0 heterocycles. The molecule has 0 nitrogen and oxygen atoms in total. The molecule has 0 amide bonds. The summed E-state index contributed by atoms with van der Waals surface area (Å²) in [6.45, 7) is 0. The molecule has 0 bridgehead atoms. The van der Waals surface area contributed by atoms with Crippen LogP contribution in [0.25, 0.3) is 0 Å². The predicted molar refractivity (Wildman–Crippen MR) is 115 cm³/mol. The molecule has 2 aromatic carbocycles. The molecule has 2 rings (SSSR count). The maximum absolute atomic E-state index is 2.53. The van der Waals surface area contributed by atoms with Crippen molar-refractivity contribution in [3.63, 3.8) is 0 Å². The molecule has 0 spiro atoms. The second-order valence-corrected chi connectivity index (χ2v) is 16.6. The molecule has 0 saturated carbocycles. The Bertz CT molecular complexity index is 464. The number of hydrogen-bond acceptors (Lipinski definition) is 0. The summed E-state index contributed by atoms with van der Waals surface area (Å²) in [5.74, 6) is 0. The van der Waals surface area contributed by atoms with Crippen LogP contribution in [0.5, 0.6) is 0 Å². The van der Waals surface area contributed by atoms with Crippen molar-refractivity contribution in [3.8, 4) is 0 Å². The van der Waals surface area contributed by atoms with Crippen LogP contribution in [0.3, 0.4) is 0 Å². The van der Waals surface area contributed by atoms with Gasteiger partial charge in [-0.05, 0) is 0 Å². The summed E-state index contributed by atoms with van der Waals surface area (Å²) in [4.78, 5) is 0. The van der Waals surface area contributed by atoms with Gasteiger partial charge in [-0.2, -0.15) is 0 Å². The summed E-state index contributed by atoms with van der Waals surface area (Å²) in [6.07, 6.45) is 2.71. The third-order valence-electron chi connectivity index (χ3n) is 4.13. The second-order valence-electron chi connectivity index (χ2n) is 5.40. The molecule has 0 aromatic heterocycles. The molecule has 21 heavy (non-hydrogen) atoms. The zero-order valence-corrected chi connectivity index (χ0v) is 18.7. The molecule has 0 N–H and O–H groups in total. The molecule has 3 heteroatoms. The van der Waals surface area contributed by atoms with Crippen molar-refractivity contribution in [2.75, 3.05) is 8.86 Å². The SMILES string of the molecule is ICC[CH2][Ge]([CH2]CCI)([c]1ccccc1)[c]1ccccc1. The van der Waals surface area contributed by atoms with E-state index < -0.39 is 13.3 Å². The quantitative estimate of drug-likeness (QED) is 0.243. The Hall–Kier alpha value is 0.443. The maximum atomic E-state index is 2.53. The fourth-order valence-electron chi connectivity index (χ4n) is 3.12. The van der Waals surface area contributed by atoms with Crippen molar-refractivity contribution in [1.29, 1.82) is 0 Å². The van der Waals surface area contributed by atoms with Crippen LogP contribution in [-0.2, 0) is 0 Å². The van der Waals surface area contributed by atoms with E-state index in [-0.39, 0.29) is 0 Å². The second kappa shape index (κ2) is 9.55. The Labute approximate surface area is 158 Å². The van der Waals surface area contributed by atoms with Crippen LogP contribution in [0.15, 0.2) is 60.7 Å². The Morgan fingerprint density at radius 3 is 1.33 bits per heavy atom. The first kappa shape index (κ1) is 17.8. The van der Waals surface area contributed by atoms with Gasteiger partial charge in [0.15, 0.2) is 0 Å². The number of halogens is 2. The molecule has 0 fully saturated rings. The fourth-order valence-corrected chi connectivity index (χ4v) is 17.3. The van der Waals surface area contributed by atoms with Crippen LogP contribution in [0.2, 0.25) is 10.5 Å². The number of alkyl halides is 2. The monoisotopic (exact) mass is 566 g/mol. The van der Waals surface area contributed by atoms with E-state index in [0.717, 1.165) is 0 Å². The molecule has 0 aliphatic rings. The summed E-state index contributed by atoms with van der Waals surface area (Å²) in [5.41, 5.74) is 0. The van der Waals surface area contributed by atoms with Gasteiger partial charge in [-0.25, -0.2) is 0 Å². The van der Waals surface area contributed by atoms with Gasteiger partial charge in [0.05, 0.1) is 0 Å².